The molecular weight excluding hydrogens is 221 g/mol. The predicted octanol–water partition coefficient (Wildman–Crippen LogP) is 1.54. The molecule has 0 bridgehead atoms. The molecule has 0 spiro atoms. The number of halogens is 3. The molecule has 0 radical (unpaired) electrons. The zero-order valence-corrected chi connectivity index (χ0v) is 9.31. The molecule has 0 aromatic heterocycles. The Balaban J connectivity index is 2.23. The minimum Gasteiger partial charge on any atom is -0.336 e. The van der Waals surface area contributed by atoms with Crippen molar-refractivity contribution in [3.63, 3.8) is 0 Å². The molecule has 1 aliphatic rings. The van der Waals surface area contributed by atoms with Gasteiger partial charge < -0.3 is 10.2 Å². The summed E-state index contributed by atoms with van der Waals surface area (Å²) in [5.41, 5.74) is 0. The van der Waals surface area contributed by atoms with E-state index in [2.05, 4.69) is 5.32 Å². The highest BCUT2D eigenvalue weighted by atomic mass is 19.4. The first-order valence-corrected chi connectivity index (χ1v) is 5.42. The summed E-state index contributed by atoms with van der Waals surface area (Å²) in [6.07, 6.45) is -0.0429. The smallest absolute Gasteiger partial charge is 0.336 e. The molecule has 3 nitrogen and oxygen atoms in total. The number of carbonyl (C=O) groups excluding carboxylic acids is 1. The van der Waals surface area contributed by atoms with Crippen LogP contribution in [-0.4, -0.2) is 43.2 Å². The standard InChI is InChI=1S/C10H17F3N2O/c1-15(7-10(11,12)13)9(16)6-14-8-4-2-3-5-8/h8,14H,2-7H2,1H3. The number of hydrogen-bond acceptors (Lipinski definition) is 2. The Hall–Kier alpha value is -0.780. The number of nitrogens with one attached hydrogen (secondary N) is 1. The van der Waals surface area contributed by atoms with Crippen molar-refractivity contribution in [3.8, 4) is 0 Å². The molecule has 0 atom stereocenters. The quantitative estimate of drug-likeness (QED) is 0.805. The molecule has 1 aliphatic carbocycles. The van der Waals surface area contributed by atoms with Crippen molar-refractivity contribution >= 4 is 5.91 Å². The monoisotopic (exact) mass is 238 g/mol. The summed E-state index contributed by atoms with van der Waals surface area (Å²) in [6, 6.07) is 0.295. The lowest BCUT2D eigenvalue weighted by molar-refractivity contribution is -0.157. The molecule has 1 amide bonds. The van der Waals surface area contributed by atoms with Crippen LogP contribution in [0.1, 0.15) is 25.7 Å². The van der Waals surface area contributed by atoms with E-state index in [1.165, 1.54) is 7.05 Å². The molecule has 1 fully saturated rings. The molecule has 1 rings (SSSR count). The third-order valence-electron chi connectivity index (χ3n) is 2.74. The SMILES string of the molecule is CN(CC(F)(F)F)C(=O)CNC1CCCC1. The normalized spacial score (nSPS) is 17.8. The van der Waals surface area contributed by atoms with E-state index in [0.717, 1.165) is 25.7 Å². The number of rotatable bonds is 4. The lowest BCUT2D eigenvalue weighted by atomic mass is 10.2. The first-order chi connectivity index (χ1) is 7.38. The Kier molecular flexibility index (Phi) is 4.58. The molecule has 94 valence electrons. The zero-order valence-electron chi connectivity index (χ0n) is 9.31. The zero-order chi connectivity index (χ0) is 12.2. The van der Waals surface area contributed by atoms with Gasteiger partial charge in [0.1, 0.15) is 6.54 Å². The van der Waals surface area contributed by atoms with Crippen LogP contribution in [0.4, 0.5) is 13.2 Å². The van der Waals surface area contributed by atoms with Crippen LogP contribution in [0, 0.1) is 0 Å². The predicted molar refractivity (Wildman–Crippen MR) is 54.0 cm³/mol. The average molecular weight is 238 g/mol. The van der Waals surface area contributed by atoms with Crippen molar-refractivity contribution in [1.29, 1.82) is 0 Å². The maximum Gasteiger partial charge on any atom is 0.406 e. The van der Waals surface area contributed by atoms with E-state index in [-0.39, 0.29) is 6.54 Å². The lowest BCUT2D eigenvalue weighted by Gasteiger charge is -2.20. The Bertz CT molecular complexity index is 237. The fourth-order valence-corrected chi connectivity index (χ4v) is 1.85. The summed E-state index contributed by atoms with van der Waals surface area (Å²) in [7, 11) is 1.17. The van der Waals surface area contributed by atoms with Crippen molar-refractivity contribution in [3.05, 3.63) is 0 Å². The van der Waals surface area contributed by atoms with Crippen LogP contribution in [0.3, 0.4) is 0 Å². The van der Waals surface area contributed by atoms with Crippen LogP contribution in [0.15, 0.2) is 0 Å². The van der Waals surface area contributed by atoms with E-state index in [0.29, 0.717) is 10.9 Å². The molecule has 0 aromatic rings. The van der Waals surface area contributed by atoms with E-state index >= 15 is 0 Å². The molecular formula is C10H17F3N2O. The topological polar surface area (TPSA) is 32.3 Å². The largest absolute Gasteiger partial charge is 0.406 e. The fraction of sp³-hybridized carbons (Fsp3) is 0.900. The van der Waals surface area contributed by atoms with E-state index in [1.54, 1.807) is 0 Å². The van der Waals surface area contributed by atoms with Crippen LogP contribution in [-0.2, 0) is 4.79 Å². The Morgan fingerprint density at radius 1 is 1.38 bits per heavy atom. The second kappa shape index (κ2) is 5.52. The molecule has 0 unspecified atom stereocenters. The minimum atomic E-state index is -4.32. The van der Waals surface area contributed by atoms with Gasteiger partial charge in [-0.25, -0.2) is 0 Å². The summed E-state index contributed by atoms with van der Waals surface area (Å²) in [5, 5.41) is 2.99. The number of hydrogen-bond donors (Lipinski definition) is 1. The van der Waals surface area contributed by atoms with E-state index < -0.39 is 18.6 Å². The molecule has 0 aromatic carbocycles. The van der Waals surface area contributed by atoms with Gasteiger partial charge in [-0.3, -0.25) is 4.79 Å². The van der Waals surface area contributed by atoms with Gasteiger partial charge in [0.05, 0.1) is 6.54 Å². The highest BCUT2D eigenvalue weighted by Crippen LogP contribution is 2.18. The Morgan fingerprint density at radius 3 is 2.44 bits per heavy atom. The average Bonchev–Trinajstić information content (AvgIpc) is 2.63. The molecule has 16 heavy (non-hydrogen) atoms. The van der Waals surface area contributed by atoms with Crippen molar-refractivity contribution in [2.45, 2.75) is 37.9 Å². The molecule has 6 heteroatoms. The van der Waals surface area contributed by atoms with Gasteiger partial charge in [0.15, 0.2) is 0 Å². The second-order valence-corrected chi connectivity index (χ2v) is 4.23. The summed E-state index contributed by atoms with van der Waals surface area (Å²) in [5.74, 6) is -0.510. The van der Waals surface area contributed by atoms with Gasteiger partial charge in [-0.1, -0.05) is 12.8 Å². The van der Waals surface area contributed by atoms with Gasteiger partial charge >= 0.3 is 6.18 Å². The number of alkyl halides is 3. The van der Waals surface area contributed by atoms with Crippen molar-refractivity contribution in [2.75, 3.05) is 20.1 Å². The molecule has 0 saturated heterocycles. The van der Waals surface area contributed by atoms with Gasteiger partial charge in [-0.05, 0) is 12.8 Å². The highest BCUT2D eigenvalue weighted by molar-refractivity contribution is 5.78. The molecule has 0 aliphatic heterocycles. The summed E-state index contributed by atoms with van der Waals surface area (Å²) in [6.45, 7) is -1.19. The van der Waals surface area contributed by atoms with Crippen molar-refractivity contribution in [2.24, 2.45) is 0 Å². The third-order valence-corrected chi connectivity index (χ3v) is 2.74. The van der Waals surface area contributed by atoms with Crippen molar-refractivity contribution in [1.82, 2.24) is 10.2 Å². The maximum absolute atomic E-state index is 12.0. The van der Waals surface area contributed by atoms with Crippen LogP contribution in [0.25, 0.3) is 0 Å². The molecule has 1 N–H and O–H groups in total. The van der Waals surface area contributed by atoms with E-state index in [9.17, 15) is 18.0 Å². The number of amides is 1. The number of nitrogens with zero attached hydrogens (tertiary/aromatic N) is 1. The summed E-state index contributed by atoms with van der Waals surface area (Å²) >= 11 is 0. The molecule has 0 heterocycles. The second-order valence-electron chi connectivity index (χ2n) is 4.23. The van der Waals surface area contributed by atoms with Gasteiger partial charge in [0.2, 0.25) is 5.91 Å². The van der Waals surface area contributed by atoms with Gasteiger partial charge in [0, 0.05) is 13.1 Å². The molecule has 1 saturated carbocycles. The highest BCUT2D eigenvalue weighted by Gasteiger charge is 2.31. The fourth-order valence-electron chi connectivity index (χ4n) is 1.85. The third kappa shape index (κ3) is 4.83. The lowest BCUT2D eigenvalue weighted by Crippen LogP contribution is -2.42. The Morgan fingerprint density at radius 2 is 1.94 bits per heavy atom. The van der Waals surface area contributed by atoms with Gasteiger partial charge in [-0.15, -0.1) is 0 Å². The summed E-state index contributed by atoms with van der Waals surface area (Å²) < 4.78 is 36.0. The van der Waals surface area contributed by atoms with Crippen LogP contribution in [0.5, 0.6) is 0 Å². The maximum atomic E-state index is 12.0. The van der Waals surface area contributed by atoms with Crippen LogP contribution >= 0.6 is 0 Å². The van der Waals surface area contributed by atoms with E-state index in [4.69, 9.17) is 0 Å². The summed E-state index contributed by atoms with van der Waals surface area (Å²) in [4.78, 5) is 12.1. The minimum absolute atomic E-state index is 0.00273. The first kappa shape index (κ1) is 13.3. The van der Waals surface area contributed by atoms with Crippen LogP contribution < -0.4 is 5.32 Å². The Labute approximate surface area is 93.0 Å². The first-order valence-electron chi connectivity index (χ1n) is 5.42. The van der Waals surface area contributed by atoms with Gasteiger partial charge in [0.25, 0.3) is 0 Å². The van der Waals surface area contributed by atoms with Gasteiger partial charge in [-0.2, -0.15) is 13.2 Å². The van der Waals surface area contributed by atoms with Crippen molar-refractivity contribution < 1.29 is 18.0 Å². The number of carbonyl (C=O) groups is 1. The van der Waals surface area contributed by atoms with E-state index in [1.807, 2.05) is 0 Å². The van der Waals surface area contributed by atoms with Crippen LogP contribution in [0.2, 0.25) is 0 Å². The number of likely N-dealkylation sites (N-methyl/N-ethyl adjacent to an activating group) is 1.